The van der Waals surface area contributed by atoms with E-state index in [0.717, 1.165) is 17.8 Å². The van der Waals surface area contributed by atoms with Gasteiger partial charge in [0.15, 0.2) is 0 Å². The van der Waals surface area contributed by atoms with Gasteiger partial charge in [-0.15, -0.1) is 11.3 Å². The summed E-state index contributed by atoms with van der Waals surface area (Å²) in [5, 5.41) is 3.77. The Labute approximate surface area is 109 Å². The van der Waals surface area contributed by atoms with Gasteiger partial charge in [0, 0.05) is 15.8 Å². The highest BCUT2D eigenvalue weighted by atomic mass is 32.1. The summed E-state index contributed by atoms with van der Waals surface area (Å²) in [6.07, 6.45) is 5.98. The van der Waals surface area contributed by atoms with Crippen LogP contribution in [0.1, 0.15) is 48.4 Å². The molecule has 2 aliphatic rings. The lowest BCUT2D eigenvalue weighted by molar-refractivity contribution is 0.363. The average Bonchev–Trinajstić information content (AvgIpc) is 3.20. The molecule has 0 spiro atoms. The molecule has 17 heavy (non-hydrogen) atoms. The smallest absolute Gasteiger partial charge is 0.0386 e. The lowest BCUT2D eigenvalue weighted by Crippen LogP contribution is -2.27. The predicted octanol–water partition coefficient (Wildman–Crippen LogP) is 4.14. The largest absolute Gasteiger partial charge is 0.309 e. The molecule has 1 atom stereocenters. The van der Waals surface area contributed by atoms with Crippen LogP contribution in [0, 0.1) is 24.7 Å². The van der Waals surface area contributed by atoms with Crippen molar-refractivity contribution in [3.8, 4) is 0 Å². The van der Waals surface area contributed by atoms with Crippen LogP contribution in [0.4, 0.5) is 0 Å². The van der Waals surface area contributed by atoms with Gasteiger partial charge in [0.1, 0.15) is 0 Å². The zero-order valence-corrected chi connectivity index (χ0v) is 11.7. The Morgan fingerprint density at radius 3 is 2.35 bits per heavy atom. The van der Waals surface area contributed by atoms with Gasteiger partial charge in [-0.2, -0.15) is 0 Å². The monoisotopic (exact) mass is 249 g/mol. The molecule has 94 valence electrons. The van der Waals surface area contributed by atoms with Crippen LogP contribution in [0.5, 0.6) is 0 Å². The van der Waals surface area contributed by atoms with E-state index >= 15 is 0 Å². The van der Waals surface area contributed by atoms with Crippen LogP contribution in [0.3, 0.4) is 0 Å². The molecule has 1 unspecified atom stereocenters. The molecule has 2 aliphatic carbocycles. The lowest BCUT2D eigenvalue weighted by atomic mass is 9.97. The van der Waals surface area contributed by atoms with Crippen LogP contribution in [0.25, 0.3) is 0 Å². The van der Waals surface area contributed by atoms with E-state index in [1.807, 2.05) is 11.3 Å². The molecular weight excluding hydrogens is 226 g/mol. The zero-order chi connectivity index (χ0) is 11.8. The average molecular weight is 249 g/mol. The van der Waals surface area contributed by atoms with E-state index in [1.54, 1.807) is 0 Å². The molecule has 0 radical (unpaired) electrons. The van der Waals surface area contributed by atoms with Gasteiger partial charge in [-0.1, -0.05) is 0 Å². The molecule has 1 N–H and O–H groups in total. The highest BCUT2D eigenvalue weighted by Crippen LogP contribution is 2.49. The fourth-order valence-electron chi connectivity index (χ4n) is 2.87. The maximum atomic E-state index is 3.77. The maximum absolute atomic E-state index is 3.77. The quantitative estimate of drug-likeness (QED) is 0.799. The normalized spacial score (nSPS) is 22.1. The van der Waals surface area contributed by atoms with Crippen molar-refractivity contribution in [2.75, 3.05) is 6.54 Å². The summed E-state index contributed by atoms with van der Waals surface area (Å²) in [4.78, 5) is 2.92. The molecule has 1 heterocycles. The second-order valence-corrected chi connectivity index (χ2v) is 7.24. The molecule has 0 aromatic carbocycles. The first kappa shape index (κ1) is 11.7. The minimum atomic E-state index is 0.536. The topological polar surface area (TPSA) is 12.0 Å². The number of rotatable bonds is 6. The van der Waals surface area contributed by atoms with Crippen molar-refractivity contribution in [1.29, 1.82) is 0 Å². The van der Waals surface area contributed by atoms with Crippen LogP contribution in [0.15, 0.2) is 12.1 Å². The second-order valence-electron chi connectivity index (χ2n) is 5.92. The Morgan fingerprint density at radius 1 is 1.24 bits per heavy atom. The van der Waals surface area contributed by atoms with Crippen molar-refractivity contribution in [2.24, 2.45) is 17.8 Å². The van der Waals surface area contributed by atoms with Crippen molar-refractivity contribution >= 4 is 11.3 Å². The Hall–Kier alpha value is -0.340. The van der Waals surface area contributed by atoms with Crippen LogP contribution < -0.4 is 5.32 Å². The zero-order valence-electron chi connectivity index (χ0n) is 10.9. The number of aryl methyl sites for hydroxylation is 1. The number of thiophene rings is 1. The molecular formula is C15H23NS. The summed E-state index contributed by atoms with van der Waals surface area (Å²) in [5.41, 5.74) is 0. The van der Waals surface area contributed by atoms with Gasteiger partial charge in [0.2, 0.25) is 0 Å². The van der Waals surface area contributed by atoms with Crippen molar-refractivity contribution in [3.63, 3.8) is 0 Å². The summed E-state index contributed by atoms with van der Waals surface area (Å²) in [7, 11) is 0. The van der Waals surface area contributed by atoms with Crippen molar-refractivity contribution < 1.29 is 0 Å². The number of hydrogen-bond donors (Lipinski definition) is 1. The number of hydrogen-bond acceptors (Lipinski definition) is 2. The molecule has 1 nitrogen and oxygen atoms in total. The van der Waals surface area contributed by atoms with E-state index in [4.69, 9.17) is 0 Å². The van der Waals surface area contributed by atoms with Gasteiger partial charge in [-0.05, 0) is 76.0 Å². The minimum absolute atomic E-state index is 0.536. The van der Waals surface area contributed by atoms with E-state index in [0.29, 0.717) is 6.04 Å². The third kappa shape index (κ3) is 2.92. The third-order valence-electron chi connectivity index (χ3n) is 4.30. The van der Waals surface area contributed by atoms with Crippen LogP contribution in [0.2, 0.25) is 0 Å². The number of nitrogens with one attached hydrogen (secondary N) is 1. The van der Waals surface area contributed by atoms with E-state index in [2.05, 4.69) is 31.3 Å². The first-order valence-electron chi connectivity index (χ1n) is 7.04. The molecule has 1 aromatic rings. The minimum Gasteiger partial charge on any atom is -0.309 e. The molecule has 0 aliphatic heterocycles. The van der Waals surface area contributed by atoms with Gasteiger partial charge in [-0.3, -0.25) is 0 Å². The summed E-state index contributed by atoms with van der Waals surface area (Å²) in [5.74, 6) is 3.11. The highest BCUT2D eigenvalue weighted by molar-refractivity contribution is 7.12. The maximum Gasteiger partial charge on any atom is 0.0386 e. The fraction of sp³-hybridized carbons (Fsp3) is 0.733. The molecule has 1 aromatic heterocycles. The summed E-state index contributed by atoms with van der Waals surface area (Å²) in [6, 6.07) is 5.05. The van der Waals surface area contributed by atoms with Crippen molar-refractivity contribution in [3.05, 3.63) is 21.9 Å². The second kappa shape index (κ2) is 4.74. The lowest BCUT2D eigenvalue weighted by Gasteiger charge is -2.19. The van der Waals surface area contributed by atoms with E-state index < -0.39 is 0 Å². The summed E-state index contributed by atoms with van der Waals surface area (Å²) < 4.78 is 0. The van der Waals surface area contributed by atoms with Gasteiger partial charge >= 0.3 is 0 Å². The van der Waals surface area contributed by atoms with E-state index in [1.165, 1.54) is 42.0 Å². The van der Waals surface area contributed by atoms with Gasteiger partial charge < -0.3 is 5.32 Å². The molecule has 2 heteroatoms. The predicted molar refractivity (Wildman–Crippen MR) is 74.4 cm³/mol. The molecule has 0 amide bonds. The molecule has 0 saturated heterocycles. The Balaban J connectivity index is 1.52. The first-order chi connectivity index (χ1) is 8.24. The molecule has 0 bridgehead atoms. The standard InChI is InChI=1S/C15H23NS/c1-10-3-8-15(17-10)11(2)16-9-14(12-4-5-12)13-6-7-13/h3,8,11-14,16H,4-7,9H2,1-2H3. The Kier molecular flexibility index (Phi) is 3.27. The third-order valence-corrected chi connectivity index (χ3v) is 5.49. The van der Waals surface area contributed by atoms with Crippen molar-refractivity contribution in [2.45, 2.75) is 45.6 Å². The first-order valence-corrected chi connectivity index (χ1v) is 7.85. The molecule has 3 rings (SSSR count). The van der Waals surface area contributed by atoms with E-state index in [9.17, 15) is 0 Å². The Morgan fingerprint density at radius 2 is 1.88 bits per heavy atom. The summed E-state index contributed by atoms with van der Waals surface area (Å²) >= 11 is 1.93. The van der Waals surface area contributed by atoms with E-state index in [-0.39, 0.29) is 0 Å². The van der Waals surface area contributed by atoms with Gasteiger partial charge in [0.05, 0.1) is 0 Å². The Bertz CT molecular complexity index is 364. The molecule has 2 fully saturated rings. The van der Waals surface area contributed by atoms with Crippen LogP contribution in [-0.2, 0) is 0 Å². The van der Waals surface area contributed by atoms with Crippen LogP contribution in [-0.4, -0.2) is 6.54 Å². The fourth-order valence-corrected chi connectivity index (χ4v) is 3.77. The SMILES string of the molecule is Cc1ccc(C(C)NCC(C2CC2)C2CC2)s1. The van der Waals surface area contributed by atoms with Crippen molar-refractivity contribution in [1.82, 2.24) is 5.32 Å². The van der Waals surface area contributed by atoms with Crippen LogP contribution >= 0.6 is 11.3 Å². The highest BCUT2D eigenvalue weighted by Gasteiger charge is 2.41. The van der Waals surface area contributed by atoms with Gasteiger partial charge in [-0.25, -0.2) is 0 Å². The molecule has 2 saturated carbocycles. The van der Waals surface area contributed by atoms with Gasteiger partial charge in [0.25, 0.3) is 0 Å². The summed E-state index contributed by atoms with van der Waals surface area (Å²) in [6.45, 7) is 5.74.